The van der Waals surface area contributed by atoms with Gasteiger partial charge >= 0.3 is 6.09 Å². The van der Waals surface area contributed by atoms with Crippen molar-refractivity contribution < 1.29 is 28.3 Å². The summed E-state index contributed by atoms with van der Waals surface area (Å²) in [5, 5.41) is 3.15. The van der Waals surface area contributed by atoms with Crippen LogP contribution in [0.1, 0.15) is 50.5 Å². The lowest BCUT2D eigenvalue weighted by atomic mass is 9.84. The fourth-order valence-electron chi connectivity index (χ4n) is 3.67. The highest BCUT2D eigenvalue weighted by Crippen LogP contribution is 2.27. The molecule has 0 aliphatic heterocycles. The quantitative estimate of drug-likeness (QED) is 0.347. The summed E-state index contributed by atoms with van der Waals surface area (Å²) in [7, 11) is 0. The minimum absolute atomic E-state index is 0.0173. The van der Waals surface area contributed by atoms with E-state index in [2.05, 4.69) is 10.7 Å². The number of nitrogens with two attached hydrogens (primary N) is 1. The van der Waals surface area contributed by atoms with E-state index >= 15 is 0 Å². The number of nitrogens with one attached hydrogen (secondary N) is 2. The third-order valence-electron chi connectivity index (χ3n) is 5.39. The molecule has 0 aromatic heterocycles. The van der Waals surface area contributed by atoms with Gasteiger partial charge in [-0.3, -0.25) is 19.8 Å². The van der Waals surface area contributed by atoms with Gasteiger partial charge in [0, 0.05) is 6.42 Å². The molecular weight excluding hydrogens is 455 g/mol. The number of hydrogen-bond acceptors (Lipinski definition) is 5. The van der Waals surface area contributed by atoms with Crippen LogP contribution in [0.25, 0.3) is 0 Å². The molecule has 4 amide bonds. The predicted octanol–water partition coefficient (Wildman–Crippen LogP) is 2.52. The maximum atomic E-state index is 13.4. The SMILES string of the molecule is NC(=O)CCN(NC(=O)[C@@H](CC1CCCCC1)NC(=O)OCc1ccccc1)C(=O)C(F)Cl. The first-order valence-electron chi connectivity index (χ1n) is 10.9. The minimum Gasteiger partial charge on any atom is -0.445 e. The zero-order valence-corrected chi connectivity index (χ0v) is 19.1. The molecule has 1 aliphatic rings. The molecule has 4 N–H and O–H groups in total. The van der Waals surface area contributed by atoms with Crippen molar-refractivity contribution >= 4 is 35.4 Å². The smallest absolute Gasteiger partial charge is 0.408 e. The fraction of sp³-hybridized carbons (Fsp3) is 0.545. The number of hydrogen-bond donors (Lipinski definition) is 3. The lowest BCUT2D eigenvalue weighted by Crippen LogP contribution is -2.56. The van der Waals surface area contributed by atoms with Crippen molar-refractivity contribution in [2.75, 3.05) is 6.54 Å². The lowest BCUT2D eigenvalue weighted by Gasteiger charge is -2.29. The normalized spacial score (nSPS) is 15.7. The monoisotopic (exact) mass is 484 g/mol. The summed E-state index contributed by atoms with van der Waals surface area (Å²) >= 11 is 5.23. The molecule has 33 heavy (non-hydrogen) atoms. The molecule has 1 aromatic carbocycles. The molecular formula is C22H30ClFN4O5. The summed E-state index contributed by atoms with van der Waals surface area (Å²) in [6, 6.07) is 8.00. The van der Waals surface area contributed by atoms with Crippen LogP contribution in [0.15, 0.2) is 30.3 Å². The van der Waals surface area contributed by atoms with E-state index in [1.807, 2.05) is 18.2 Å². The van der Waals surface area contributed by atoms with Gasteiger partial charge in [0.15, 0.2) is 0 Å². The number of benzene rings is 1. The zero-order chi connectivity index (χ0) is 24.2. The molecule has 0 saturated heterocycles. The van der Waals surface area contributed by atoms with Gasteiger partial charge in [-0.15, -0.1) is 0 Å². The first kappa shape index (κ1) is 26.4. The third kappa shape index (κ3) is 9.65. The third-order valence-corrected chi connectivity index (χ3v) is 5.58. The average molecular weight is 485 g/mol. The van der Waals surface area contributed by atoms with Crippen molar-refractivity contribution in [3.8, 4) is 0 Å². The average Bonchev–Trinajstić information content (AvgIpc) is 2.80. The number of alkyl halides is 2. The van der Waals surface area contributed by atoms with Gasteiger partial charge in [-0.2, -0.15) is 0 Å². The second kappa shape index (κ2) is 13.6. The Morgan fingerprint density at radius 3 is 2.42 bits per heavy atom. The van der Waals surface area contributed by atoms with E-state index in [1.54, 1.807) is 12.1 Å². The van der Waals surface area contributed by atoms with Crippen molar-refractivity contribution in [1.29, 1.82) is 0 Å². The molecule has 1 fully saturated rings. The number of hydrazine groups is 1. The minimum atomic E-state index is -2.42. The Bertz CT molecular complexity index is 805. The van der Waals surface area contributed by atoms with Crippen LogP contribution in [-0.2, 0) is 25.7 Å². The van der Waals surface area contributed by atoms with Crippen LogP contribution in [-0.4, -0.2) is 47.0 Å². The van der Waals surface area contributed by atoms with Gasteiger partial charge in [0.1, 0.15) is 12.6 Å². The number of carbonyl (C=O) groups excluding carboxylic acids is 4. The van der Waals surface area contributed by atoms with E-state index in [0.29, 0.717) is 11.4 Å². The van der Waals surface area contributed by atoms with Crippen molar-refractivity contribution in [1.82, 2.24) is 15.8 Å². The molecule has 2 rings (SSSR count). The van der Waals surface area contributed by atoms with Gasteiger partial charge in [-0.25, -0.2) is 14.2 Å². The number of ether oxygens (including phenoxy) is 1. The zero-order valence-electron chi connectivity index (χ0n) is 18.3. The number of halogens is 2. The molecule has 0 bridgehead atoms. The maximum absolute atomic E-state index is 13.4. The molecule has 1 saturated carbocycles. The predicted molar refractivity (Wildman–Crippen MR) is 119 cm³/mol. The molecule has 182 valence electrons. The molecule has 1 unspecified atom stereocenters. The van der Waals surface area contributed by atoms with Crippen LogP contribution in [0.3, 0.4) is 0 Å². The van der Waals surface area contributed by atoms with E-state index < -0.39 is 35.5 Å². The fourth-order valence-corrected chi connectivity index (χ4v) is 3.78. The van der Waals surface area contributed by atoms with Crippen LogP contribution < -0.4 is 16.5 Å². The largest absolute Gasteiger partial charge is 0.445 e. The number of carbonyl (C=O) groups is 4. The first-order valence-corrected chi connectivity index (χ1v) is 11.4. The summed E-state index contributed by atoms with van der Waals surface area (Å²) in [5.74, 6) is -2.53. The van der Waals surface area contributed by atoms with Crippen LogP contribution in [0.4, 0.5) is 9.18 Å². The summed E-state index contributed by atoms with van der Waals surface area (Å²) in [5.41, 5.74) is 5.71. The highest BCUT2D eigenvalue weighted by molar-refractivity contribution is 6.29. The van der Waals surface area contributed by atoms with Crippen LogP contribution in [0.2, 0.25) is 0 Å². The van der Waals surface area contributed by atoms with Crippen LogP contribution in [0, 0.1) is 5.92 Å². The first-order chi connectivity index (χ1) is 15.8. The second-order valence-corrected chi connectivity index (χ2v) is 8.36. The van der Waals surface area contributed by atoms with Crippen molar-refractivity contribution in [2.24, 2.45) is 11.7 Å². The van der Waals surface area contributed by atoms with Gasteiger partial charge in [0.05, 0.1) is 6.54 Å². The van der Waals surface area contributed by atoms with Gasteiger partial charge in [0.2, 0.25) is 5.91 Å². The molecule has 11 heteroatoms. The standard InChI is InChI=1S/C22H30ClFN4O5/c23-19(24)21(31)28(12-11-18(25)29)27-20(30)17(13-15-7-3-1-4-8-15)26-22(32)33-14-16-9-5-2-6-10-16/h2,5-6,9-10,15,17,19H,1,3-4,7-8,11-14H2,(H2,25,29)(H,26,32)(H,27,30)/t17-,19?/m1/s1. The summed E-state index contributed by atoms with van der Waals surface area (Å²) in [6.45, 7) is -0.342. The number of primary amides is 1. The van der Waals surface area contributed by atoms with Gasteiger partial charge in [0.25, 0.3) is 17.4 Å². The number of nitrogens with zero attached hydrogens (tertiary/aromatic N) is 1. The number of amides is 4. The summed E-state index contributed by atoms with van der Waals surface area (Å²) < 4.78 is 18.6. The topological polar surface area (TPSA) is 131 Å². The Balaban J connectivity index is 2.05. The van der Waals surface area contributed by atoms with E-state index in [0.717, 1.165) is 37.7 Å². The Morgan fingerprint density at radius 1 is 1.15 bits per heavy atom. The highest BCUT2D eigenvalue weighted by atomic mass is 35.5. The van der Waals surface area contributed by atoms with E-state index in [9.17, 15) is 23.6 Å². The Kier molecular flexibility index (Phi) is 10.9. The summed E-state index contributed by atoms with van der Waals surface area (Å²) in [4.78, 5) is 48.4. The number of alkyl carbamates (subject to hydrolysis) is 1. The van der Waals surface area contributed by atoms with E-state index in [4.69, 9.17) is 22.1 Å². The van der Waals surface area contributed by atoms with E-state index in [-0.39, 0.29) is 25.5 Å². The summed E-state index contributed by atoms with van der Waals surface area (Å²) in [6.07, 6.45) is 4.19. The van der Waals surface area contributed by atoms with Crippen LogP contribution >= 0.6 is 11.6 Å². The molecule has 1 aromatic rings. The Labute approximate surface area is 197 Å². The molecule has 2 atom stereocenters. The maximum Gasteiger partial charge on any atom is 0.408 e. The lowest BCUT2D eigenvalue weighted by molar-refractivity contribution is -0.144. The molecule has 0 spiro atoms. The Hall–Kier alpha value is -2.88. The highest BCUT2D eigenvalue weighted by Gasteiger charge is 2.30. The molecule has 0 radical (unpaired) electrons. The van der Waals surface area contributed by atoms with Gasteiger partial charge in [-0.1, -0.05) is 74.0 Å². The Morgan fingerprint density at radius 2 is 1.82 bits per heavy atom. The van der Waals surface area contributed by atoms with E-state index in [1.165, 1.54) is 0 Å². The van der Waals surface area contributed by atoms with Crippen molar-refractivity contribution in [2.45, 2.75) is 63.2 Å². The second-order valence-electron chi connectivity index (χ2n) is 7.98. The van der Waals surface area contributed by atoms with Gasteiger partial charge in [-0.05, 0) is 17.9 Å². The van der Waals surface area contributed by atoms with Crippen molar-refractivity contribution in [3.05, 3.63) is 35.9 Å². The molecule has 1 aliphatic carbocycles. The molecule has 9 nitrogen and oxygen atoms in total. The number of rotatable bonds is 10. The van der Waals surface area contributed by atoms with Gasteiger partial charge < -0.3 is 15.8 Å². The molecule has 0 heterocycles. The van der Waals surface area contributed by atoms with Crippen LogP contribution in [0.5, 0.6) is 0 Å². The van der Waals surface area contributed by atoms with Crippen molar-refractivity contribution in [3.63, 3.8) is 0 Å².